The maximum atomic E-state index is 12.7. The molecule has 2 heterocycles. The Labute approximate surface area is 178 Å². The van der Waals surface area contributed by atoms with Gasteiger partial charge in [-0.15, -0.1) is 11.3 Å². The molecule has 0 unspecified atom stereocenters. The van der Waals surface area contributed by atoms with E-state index in [1.165, 1.54) is 10.6 Å². The van der Waals surface area contributed by atoms with Gasteiger partial charge in [0, 0.05) is 49.9 Å². The van der Waals surface area contributed by atoms with Crippen LogP contribution in [0.15, 0.2) is 29.6 Å². The number of hydrogen-bond acceptors (Lipinski definition) is 5. The van der Waals surface area contributed by atoms with E-state index in [4.69, 9.17) is 9.72 Å². The standard InChI is InChI=1S/C23H33N3O2S/c1-23(2,3)22-24-19(17-29-22)16-25-12-5-13-26(15-14-25)21(27)11-8-18-6-9-20(28-4)10-7-18/h6-7,9-10,17H,5,8,11-16H2,1-4H3. The van der Waals surface area contributed by atoms with Gasteiger partial charge in [-0.25, -0.2) is 4.98 Å². The molecule has 0 aliphatic carbocycles. The van der Waals surface area contributed by atoms with Crippen molar-refractivity contribution in [2.75, 3.05) is 33.3 Å². The monoisotopic (exact) mass is 415 g/mol. The van der Waals surface area contributed by atoms with Crippen molar-refractivity contribution in [1.29, 1.82) is 0 Å². The fraction of sp³-hybridized carbons (Fsp3) is 0.565. The van der Waals surface area contributed by atoms with Crippen LogP contribution in [0, 0.1) is 0 Å². The Balaban J connectivity index is 1.47. The number of amides is 1. The number of thiazole rings is 1. The van der Waals surface area contributed by atoms with Gasteiger partial charge < -0.3 is 9.64 Å². The van der Waals surface area contributed by atoms with Crippen LogP contribution >= 0.6 is 11.3 Å². The number of methoxy groups -OCH3 is 1. The molecule has 1 aromatic heterocycles. The number of aryl methyl sites for hydroxylation is 1. The third kappa shape index (κ3) is 6.28. The Bertz CT molecular complexity index is 795. The molecule has 3 rings (SSSR count). The smallest absolute Gasteiger partial charge is 0.222 e. The second-order valence-corrected chi connectivity index (χ2v) is 9.61. The maximum absolute atomic E-state index is 12.7. The molecule has 6 heteroatoms. The second-order valence-electron chi connectivity index (χ2n) is 8.75. The number of benzene rings is 1. The molecule has 0 radical (unpaired) electrons. The van der Waals surface area contributed by atoms with Crippen molar-refractivity contribution in [2.24, 2.45) is 0 Å². The minimum absolute atomic E-state index is 0.106. The molecule has 2 aromatic rings. The topological polar surface area (TPSA) is 45.7 Å². The van der Waals surface area contributed by atoms with E-state index >= 15 is 0 Å². The summed E-state index contributed by atoms with van der Waals surface area (Å²) in [7, 11) is 1.67. The normalized spacial score (nSPS) is 15.9. The van der Waals surface area contributed by atoms with Gasteiger partial charge in [-0.3, -0.25) is 9.69 Å². The molecule has 1 aliphatic rings. The molecule has 158 valence electrons. The number of rotatable bonds is 6. The third-order valence-corrected chi connectivity index (χ3v) is 6.62. The Kier molecular flexibility index (Phi) is 7.30. The van der Waals surface area contributed by atoms with Crippen LogP contribution in [0.2, 0.25) is 0 Å². The summed E-state index contributed by atoms with van der Waals surface area (Å²) in [5, 5.41) is 3.38. The summed E-state index contributed by atoms with van der Waals surface area (Å²) in [6.07, 6.45) is 2.36. The Morgan fingerprint density at radius 1 is 1.14 bits per heavy atom. The van der Waals surface area contributed by atoms with E-state index in [1.807, 2.05) is 29.2 Å². The predicted molar refractivity (Wildman–Crippen MR) is 119 cm³/mol. The molecule has 0 saturated carbocycles. The molecule has 5 nitrogen and oxygen atoms in total. The molecule has 1 aromatic carbocycles. The fourth-order valence-corrected chi connectivity index (χ4v) is 4.43. The zero-order valence-corrected chi connectivity index (χ0v) is 18.9. The summed E-state index contributed by atoms with van der Waals surface area (Å²) in [6.45, 7) is 11.1. The van der Waals surface area contributed by atoms with Crippen molar-refractivity contribution in [3.63, 3.8) is 0 Å². The van der Waals surface area contributed by atoms with Crippen molar-refractivity contribution in [1.82, 2.24) is 14.8 Å². The number of carbonyl (C=O) groups is 1. The molecule has 1 fully saturated rings. The minimum atomic E-state index is 0.106. The quantitative estimate of drug-likeness (QED) is 0.712. The lowest BCUT2D eigenvalue weighted by Gasteiger charge is -2.21. The highest BCUT2D eigenvalue weighted by molar-refractivity contribution is 7.09. The number of nitrogens with zero attached hydrogens (tertiary/aromatic N) is 3. The Morgan fingerprint density at radius 2 is 1.90 bits per heavy atom. The number of ether oxygens (including phenoxy) is 1. The third-order valence-electron chi connectivity index (χ3n) is 5.31. The molecule has 0 N–H and O–H groups in total. The number of hydrogen-bond donors (Lipinski definition) is 0. The van der Waals surface area contributed by atoms with E-state index < -0.39 is 0 Å². The lowest BCUT2D eigenvalue weighted by Crippen LogP contribution is -2.35. The first-order valence-corrected chi connectivity index (χ1v) is 11.3. The molecule has 1 aliphatic heterocycles. The predicted octanol–water partition coefficient (Wildman–Crippen LogP) is 4.12. The largest absolute Gasteiger partial charge is 0.497 e. The number of aromatic nitrogens is 1. The highest BCUT2D eigenvalue weighted by Gasteiger charge is 2.21. The van der Waals surface area contributed by atoms with Crippen molar-refractivity contribution in [3.8, 4) is 5.75 Å². The first-order valence-electron chi connectivity index (χ1n) is 10.4. The van der Waals surface area contributed by atoms with Crippen LogP contribution in [0.1, 0.15) is 49.9 Å². The molecule has 1 amide bonds. The van der Waals surface area contributed by atoms with Crippen LogP contribution in [-0.4, -0.2) is 54.0 Å². The molecule has 0 atom stereocenters. The van der Waals surface area contributed by atoms with Gasteiger partial charge >= 0.3 is 0 Å². The van der Waals surface area contributed by atoms with Crippen LogP contribution in [0.5, 0.6) is 5.75 Å². The lowest BCUT2D eigenvalue weighted by atomic mass is 9.98. The Morgan fingerprint density at radius 3 is 2.55 bits per heavy atom. The fourth-order valence-electron chi connectivity index (χ4n) is 3.53. The number of carbonyl (C=O) groups excluding carboxylic acids is 1. The van der Waals surface area contributed by atoms with Gasteiger partial charge in [0.2, 0.25) is 5.91 Å². The lowest BCUT2D eigenvalue weighted by molar-refractivity contribution is -0.131. The summed E-state index contributed by atoms with van der Waals surface area (Å²) in [6, 6.07) is 7.98. The first kappa shape index (κ1) is 21.8. The van der Waals surface area contributed by atoms with Crippen LogP contribution in [0.4, 0.5) is 0 Å². The summed E-state index contributed by atoms with van der Waals surface area (Å²) in [4.78, 5) is 22.0. The van der Waals surface area contributed by atoms with E-state index in [0.29, 0.717) is 6.42 Å². The highest BCUT2D eigenvalue weighted by Crippen LogP contribution is 2.26. The average Bonchev–Trinajstić information content (AvgIpc) is 3.05. The van der Waals surface area contributed by atoms with Gasteiger partial charge in [-0.2, -0.15) is 0 Å². The zero-order valence-electron chi connectivity index (χ0n) is 18.1. The second kappa shape index (κ2) is 9.72. The summed E-state index contributed by atoms with van der Waals surface area (Å²) in [5.41, 5.74) is 2.43. The van der Waals surface area contributed by atoms with Gasteiger partial charge in [0.15, 0.2) is 0 Å². The minimum Gasteiger partial charge on any atom is -0.497 e. The summed E-state index contributed by atoms with van der Waals surface area (Å²) in [5.74, 6) is 1.11. The van der Waals surface area contributed by atoms with Crippen molar-refractivity contribution < 1.29 is 9.53 Å². The maximum Gasteiger partial charge on any atom is 0.222 e. The molecular weight excluding hydrogens is 382 g/mol. The summed E-state index contributed by atoms with van der Waals surface area (Å²) < 4.78 is 5.19. The zero-order chi connectivity index (χ0) is 20.9. The van der Waals surface area contributed by atoms with Gasteiger partial charge in [0.05, 0.1) is 17.8 Å². The molecule has 0 bridgehead atoms. The van der Waals surface area contributed by atoms with Crippen molar-refractivity contribution >= 4 is 17.2 Å². The Hall–Kier alpha value is -1.92. The molecular formula is C23H33N3O2S. The summed E-state index contributed by atoms with van der Waals surface area (Å²) >= 11 is 1.75. The van der Waals surface area contributed by atoms with Gasteiger partial charge in [-0.1, -0.05) is 32.9 Å². The first-order chi connectivity index (χ1) is 13.8. The van der Waals surface area contributed by atoms with Gasteiger partial charge in [0.25, 0.3) is 0 Å². The van der Waals surface area contributed by atoms with E-state index in [2.05, 4.69) is 31.1 Å². The van der Waals surface area contributed by atoms with Crippen molar-refractivity contribution in [3.05, 3.63) is 45.9 Å². The van der Waals surface area contributed by atoms with Crippen LogP contribution < -0.4 is 4.74 Å². The van der Waals surface area contributed by atoms with E-state index in [0.717, 1.165) is 57.0 Å². The molecule has 1 saturated heterocycles. The van der Waals surface area contributed by atoms with E-state index in [9.17, 15) is 4.79 Å². The van der Waals surface area contributed by atoms with E-state index in [1.54, 1.807) is 18.4 Å². The van der Waals surface area contributed by atoms with Gasteiger partial charge in [0.1, 0.15) is 5.75 Å². The van der Waals surface area contributed by atoms with E-state index in [-0.39, 0.29) is 11.3 Å². The molecule has 0 spiro atoms. The highest BCUT2D eigenvalue weighted by atomic mass is 32.1. The van der Waals surface area contributed by atoms with Crippen LogP contribution in [0.3, 0.4) is 0 Å². The van der Waals surface area contributed by atoms with Crippen molar-refractivity contribution in [2.45, 2.75) is 52.0 Å². The average molecular weight is 416 g/mol. The molecule has 29 heavy (non-hydrogen) atoms. The van der Waals surface area contributed by atoms with Crippen LogP contribution in [0.25, 0.3) is 0 Å². The SMILES string of the molecule is COc1ccc(CCC(=O)N2CCCN(Cc3csc(C(C)(C)C)n3)CC2)cc1. The van der Waals surface area contributed by atoms with Crippen LogP contribution in [-0.2, 0) is 23.2 Å². The van der Waals surface area contributed by atoms with Gasteiger partial charge in [-0.05, 0) is 30.5 Å².